The second kappa shape index (κ2) is 7.30. The van der Waals surface area contributed by atoms with E-state index in [9.17, 15) is 0 Å². The summed E-state index contributed by atoms with van der Waals surface area (Å²) in [6, 6.07) is 6.09. The van der Waals surface area contributed by atoms with E-state index in [1.807, 2.05) is 19.1 Å². The molecule has 18 heavy (non-hydrogen) atoms. The largest absolute Gasteiger partial charge is 0.489 e. The van der Waals surface area contributed by atoms with Crippen LogP contribution in [0, 0.1) is 18.3 Å². The van der Waals surface area contributed by atoms with E-state index in [1.54, 1.807) is 0 Å². The van der Waals surface area contributed by atoms with Crippen molar-refractivity contribution in [3.8, 4) is 11.5 Å². The highest BCUT2D eigenvalue weighted by molar-refractivity contribution is 5.44. The molecule has 0 fully saturated rings. The molecule has 1 rings (SSSR count). The van der Waals surface area contributed by atoms with E-state index in [-0.39, 0.29) is 0 Å². The monoisotopic (exact) mass is 249 g/mol. The van der Waals surface area contributed by atoms with Crippen molar-refractivity contribution in [3.63, 3.8) is 0 Å². The molecule has 0 atom stereocenters. The third-order valence-electron chi connectivity index (χ3n) is 2.45. The molecule has 0 aromatic heterocycles. The van der Waals surface area contributed by atoms with Crippen LogP contribution in [0.25, 0.3) is 0 Å². The Balaban J connectivity index is 2.79. The molecule has 1 radical (unpaired) electrons. The average Bonchev–Trinajstić information content (AvgIpc) is 2.34. The number of hydrogen-bond donors (Lipinski definition) is 0. The number of rotatable bonds is 7. The highest BCUT2D eigenvalue weighted by Gasteiger charge is 2.08. The van der Waals surface area contributed by atoms with E-state index in [2.05, 4.69) is 40.2 Å². The Morgan fingerprint density at radius 1 is 0.944 bits per heavy atom. The fourth-order valence-corrected chi connectivity index (χ4v) is 1.45. The molecule has 1 aromatic carbocycles. The van der Waals surface area contributed by atoms with Gasteiger partial charge in [0.05, 0.1) is 13.2 Å². The van der Waals surface area contributed by atoms with E-state index in [1.165, 1.54) is 0 Å². The quantitative estimate of drug-likeness (QED) is 0.716. The van der Waals surface area contributed by atoms with Crippen LogP contribution in [0.1, 0.15) is 40.2 Å². The summed E-state index contributed by atoms with van der Waals surface area (Å²) in [6.45, 7) is 12.0. The normalized spacial score (nSPS) is 11.1. The Labute approximate surface area is 111 Å². The third kappa shape index (κ3) is 4.99. The van der Waals surface area contributed by atoms with Crippen LogP contribution in [-0.2, 0) is 0 Å². The van der Waals surface area contributed by atoms with Crippen molar-refractivity contribution in [2.75, 3.05) is 13.2 Å². The highest BCUT2D eigenvalue weighted by atomic mass is 16.5. The standard InChI is InChI=1S/C16H25O2/c1-6-14-7-8-15(17-10-12(2)3)16(9-14)18-11-13(4)5/h6-9,12-13H,10-11H2,1-5H3. The van der Waals surface area contributed by atoms with Crippen molar-refractivity contribution >= 4 is 0 Å². The summed E-state index contributed by atoms with van der Waals surface area (Å²) in [5, 5.41) is 0. The summed E-state index contributed by atoms with van der Waals surface area (Å²) in [4.78, 5) is 0. The smallest absolute Gasteiger partial charge is 0.161 e. The van der Waals surface area contributed by atoms with E-state index in [4.69, 9.17) is 9.47 Å². The first kappa shape index (κ1) is 14.9. The average molecular weight is 249 g/mol. The fourth-order valence-electron chi connectivity index (χ4n) is 1.45. The molecule has 0 unspecified atom stereocenters. The van der Waals surface area contributed by atoms with Crippen LogP contribution in [-0.4, -0.2) is 13.2 Å². The van der Waals surface area contributed by atoms with E-state index in [0.29, 0.717) is 25.0 Å². The molecule has 0 N–H and O–H groups in total. The van der Waals surface area contributed by atoms with Gasteiger partial charge in [-0.15, -0.1) is 0 Å². The van der Waals surface area contributed by atoms with Crippen molar-refractivity contribution < 1.29 is 9.47 Å². The predicted molar refractivity (Wildman–Crippen MR) is 76.2 cm³/mol. The van der Waals surface area contributed by atoms with Crippen LogP contribution in [0.15, 0.2) is 18.2 Å². The van der Waals surface area contributed by atoms with Crippen molar-refractivity contribution in [2.24, 2.45) is 11.8 Å². The fraction of sp³-hybridized carbons (Fsp3) is 0.562. The van der Waals surface area contributed by atoms with E-state index < -0.39 is 0 Å². The second-order valence-electron chi connectivity index (χ2n) is 5.40. The first-order valence-electron chi connectivity index (χ1n) is 6.72. The molecular weight excluding hydrogens is 224 g/mol. The summed E-state index contributed by atoms with van der Waals surface area (Å²) in [5.74, 6) is 2.72. The molecule has 0 saturated heterocycles. The van der Waals surface area contributed by atoms with Gasteiger partial charge in [0.25, 0.3) is 0 Å². The summed E-state index contributed by atoms with van der Waals surface area (Å²) in [5.41, 5.74) is 1.16. The molecule has 0 saturated carbocycles. The molecule has 0 aliphatic heterocycles. The SMILES string of the molecule is C[CH]c1ccc(OCC(C)C)c(OCC(C)C)c1. The van der Waals surface area contributed by atoms with Crippen molar-refractivity contribution in [2.45, 2.75) is 34.6 Å². The number of hydrogen-bond acceptors (Lipinski definition) is 2. The molecule has 101 valence electrons. The van der Waals surface area contributed by atoms with Gasteiger partial charge < -0.3 is 9.47 Å². The summed E-state index contributed by atoms with van der Waals surface area (Å²) < 4.78 is 11.6. The zero-order valence-electron chi connectivity index (χ0n) is 12.2. The molecule has 0 bridgehead atoms. The van der Waals surface area contributed by atoms with Gasteiger partial charge in [-0.1, -0.05) is 40.7 Å². The molecule has 1 aromatic rings. The van der Waals surface area contributed by atoms with Crippen LogP contribution >= 0.6 is 0 Å². The lowest BCUT2D eigenvalue weighted by molar-refractivity contribution is 0.229. The molecule has 2 heteroatoms. The molecule has 0 amide bonds. The van der Waals surface area contributed by atoms with Crippen LogP contribution in [0.5, 0.6) is 11.5 Å². The van der Waals surface area contributed by atoms with Crippen LogP contribution in [0.2, 0.25) is 0 Å². The minimum atomic E-state index is 0.511. The minimum absolute atomic E-state index is 0.511. The van der Waals surface area contributed by atoms with Gasteiger partial charge in [-0.05, 0) is 36.0 Å². The molecule has 0 aliphatic rings. The zero-order chi connectivity index (χ0) is 13.5. The Hall–Kier alpha value is -1.18. The predicted octanol–water partition coefficient (Wildman–Crippen LogP) is 4.33. The minimum Gasteiger partial charge on any atom is -0.489 e. The molecule has 0 aliphatic carbocycles. The summed E-state index contributed by atoms with van der Waals surface area (Å²) >= 11 is 0. The lowest BCUT2D eigenvalue weighted by atomic mass is 10.1. The van der Waals surface area contributed by atoms with Gasteiger partial charge in [-0.25, -0.2) is 0 Å². The third-order valence-corrected chi connectivity index (χ3v) is 2.45. The van der Waals surface area contributed by atoms with Crippen LogP contribution < -0.4 is 9.47 Å². The van der Waals surface area contributed by atoms with Gasteiger partial charge in [0, 0.05) is 0 Å². The lowest BCUT2D eigenvalue weighted by Crippen LogP contribution is -2.09. The Bertz CT molecular complexity index is 356. The molecular formula is C16H25O2. The lowest BCUT2D eigenvalue weighted by Gasteiger charge is -2.16. The first-order valence-corrected chi connectivity index (χ1v) is 6.72. The molecule has 0 heterocycles. The van der Waals surface area contributed by atoms with Gasteiger partial charge in [-0.2, -0.15) is 0 Å². The van der Waals surface area contributed by atoms with Crippen molar-refractivity contribution in [1.82, 2.24) is 0 Å². The first-order chi connectivity index (χ1) is 8.52. The van der Waals surface area contributed by atoms with E-state index >= 15 is 0 Å². The van der Waals surface area contributed by atoms with Crippen LogP contribution in [0.3, 0.4) is 0 Å². The van der Waals surface area contributed by atoms with Crippen LogP contribution in [0.4, 0.5) is 0 Å². The van der Waals surface area contributed by atoms with Crippen molar-refractivity contribution in [3.05, 3.63) is 30.2 Å². The second-order valence-corrected chi connectivity index (χ2v) is 5.40. The number of benzene rings is 1. The molecule has 2 nitrogen and oxygen atoms in total. The maximum absolute atomic E-state index is 5.83. The topological polar surface area (TPSA) is 18.5 Å². The van der Waals surface area contributed by atoms with Gasteiger partial charge in [0.2, 0.25) is 0 Å². The molecule has 0 spiro atoms. The van der Waals surface area contributed by atoms with Gasteiger partial charge >= 0.3 is 0 Å². The van der Waals surface area contributed by atoms with Crippen molar-refractivity contribution in [1.29, 1.82) is 0 Å². The van der Waals surface area contributed by atoms with Gasteiger partial charge in [0.15, 0.2) is 11.5 Å². The Morgan fingerprint density at radius 2 is 1.50 bits per heavy atom. The maximum atomic E-state index is 5.83. The highest BCUT2D eigenvalue weighted by Crippen LogP contribution is 2.29. The summed E-state index contributed by atoms with van der Waals surface area (Å²) in [7, 11) is 0. The maximum Gasteiger partial charge on any atom is 0.161 e. The van der Waals surface area contributed by atoms with E-state index in [0.717, 1.165) is 17.1 Å². The summed E-state index contributed by atoms with van der Waals surface area (Å²) in [6.07, 6.45) is 2.06. The van der Waals surface area contributed by atoms with Gasteiger partial charge in [-0.3, -0.25) is 0 Å². The Morgan fingerprint density at radius 3 is 2.00 bits per heavy atom. The Kier molecular flexibility index (Phi) is 6.03. The zero-order valence-corrected chi connectivity index (χ0v) is 12.2. The number of ether oxygens (including phenoxy) is 2. The van der Waals surface area contributed by atoms with Gasteiger partial charge in [0.1, 0.15) is 0 Å².